The van der Waals surface area contributed by atoms with Crippen molar-refractivity contribution in [3.8, 4) is 5.88 Å². The topological polar surface area (TPSA) is 47.0 Å². The molecular weight excluding hydrogens is 214 g/mol. The van der Waals surface area contributed by atoms with Crippen LogP contribution in [0.3, 0.4) is 0 Å². The zero-order valence-electron chi connectivity index (χ0n) is 10.8. The minimum Gasteiger partial charge on any atom is -0.481 e. The van der Waals surface area contributed by atoms with E-state index >= 15 is 0 Å². The standard InChI is InChI=1S/C13H21N3O/c1-4-10-5-6-11(9(10)2)16-12-7-13(17-3)15-8-14-12/h7-11H,4-6H2,1-3H3,(H,14,15,16). The van der Waals surface area contributed by atoms with Gasteiger partial charge in [-0.2, -0.15) is 0 Å². The van der Waals surface area contributed by atoms with Crippen LogP contribution in [0.15, 0.2) is 12.4 Å². The second kappa shape index (κ2) is 5.34. The van der Waals surface area contributed by atoms with Gasteiger partial charge in [-0.05, 0) is 24.7 Å². The molecule has 1 aromatic heterocycles. The van der Waals surface area contributed by atoms with Crippen molar-refractivity contribution in [1.29, 1.82) is 0 Å². The lowest BCUT2D eigenvalue weighted by Crippen LogP contribution is -2.25. The largest absolute Gasteiger partial charge is 0.481 e. The maximum absolute atomic E-state index is 5.10. The maximum atomic E-state index is 5.10. The SMILES string of the molecule is CCC1CCC(Nc2cc(OC)ncn2)C1C. The summed E-state index contributed by atoms with van der Waals surface area (Å²) in [4.78, 5) is 8.24. The number of hydrogen-bond acceptors (Lipinski definition) is 4. The summed E-state index contributed by atoms with van der Waals surface area (Å²) >= 11 is 0. The van der Waals surface area contributed by atoms with Crippen LogP contribution in [0.1, 0.15) is 33.1 Å². The lowest BCUT2D eigenvalue weighted by molar-refractivity contribution is 0.389. The lowest BCUT2D eigenvalue weighted by Gasteiger charge is -2.21. The van der Waals surface area contributed by atoms with Crippen LogP contribution in [-0.4, -0.2) is 23.1 Å². The molecule has 1 aliphatic carbocycles. The Bertz CT molecular complexity index is 369. The quantitative estimate of drug-likeness (QED) is 0.871. The van der Waals surface area contributed by atoms with E-state index in [1.54, 1.807) is 7.11 Å². The van der Waals surface area contributed by atoms with E-state index in [2.05, 4.69) is 29.1 Å². The Labute approximate surface area is 103 Å². The molecule has 0 radical (unpaired) electrons. The normalized spacial score (nSPS) is 28.1. The molecule has 0 bridgehead atoms. The van der Waals surface area contributed by atoms with Crippen LogP contribution in [0.4, 0.5) is 5.82 Å². The molecule has 3 atom stereocenters. The van der Waals surface area contributed by atoms with Crippen molar-refractivity contribution in [3.63, 3.8) is 0 Å². The highest BCUT2D eigenvalue weighted by Gasteiger charge is 2.31. The van der Waals surface area contributed by atoms with Crippen LogP contribution >= 0.6 is 0 Å². The van der Waals surface area contributed by atoms with Crippen LogP contribution in [0.5, 0.6) is 5.88 Å². The second-order valence-corrected chi connectivity index (χ2v) is 4.80. The molecule has 0 aromatic carbocycles. The molecule has 1 N–H and O–H groups in total. The summed E-state index contributed by atoms with van der Waals surface area (Å²) in [5.74, 6) is 3.03. The summed E-state index contributed by atoms with van der Waals surface area (Å²) < 4.78 is 5.10. The van der Waals surface area contributed by atoms with E-state index in [9.17, 15) is 0 Å². The molecule has 1 saturated carbocycles. The van der Waals surface area contributed by atoms with E-state index in [-0.39, 0.29) is 0 Å². The molecule has 1 heterocycles. The number of nitrogens with one attached hydrogen (secondary N) is 1. The Hall–Kier alpha value is -1.32. The fourth-order valence-corrected chi connectivity index (χ4v) is 2.75. The van der Waals surface area contributed by atoms with Crippen LogP contribution < -0.4 is 10.1 Å². The highest BCUT2D eigenvalue weighted by Crippen LogP contribution is 2.35. The van der Waals surface area contributed by atoms with Gasteiger partial charge in [0.1, 0.15) is 12.1 Å². The molecule has 0 spiro atoms. The van der Waals surface area contributed by atoms with Gasteiger partial charge in [-0.15, -0.1) is 0 Å². The number of methoxy groups -OCH3 is 1. The van der Waals surface area contributed by atoms with Crippen LogP contribution in [-0.2, 0) is 0 Å². The molecular formula is C13H21N3O. The average Bonchev–Trinajstić information content (AvgIpc) is 2.71. The highest BCUT2D eigenvalue weighted by atomic mass is 16.5. The number of ether oxygens (including phenoxy) is 1. The number of nitrogens with zero attached hydrogens (tertiary/aromatic N) is 2. The molecule has 1 aromatic rings. The van der Waals surface area contributed by atoms with Gasteiger partial charge in [0.15, 0.2) is 0 Å². The zero-order chi connectivity index (χ0) is 12.3. The van der Waals surface area contributed by atoms with Crippen molar-refractivity contribution in [2.75, 3.05) is 12.4 Å². The number of aromatic nitrogens is 2. The first-order valence-corrected chi connectivity index (χ1v) is 6.37. The summed E-state index contributed by atoms with van der Waals surface area (Å²) in [6, 6.07) is 2.38. The Morgan fingerprint density at radius 2 is 2.24 bits per heavy atom. The van der Waals surface area contributed by atoms with Crippen LogP contribution in [0, 0.1) is 11.8 Å². The third-order valence-corrected chi connectivity index (χ3v) is 3.94. The first-order chi connectivity index (χ1) is 8.24. The van der Waals surface area contributed by atoms with Gasteiger partial charge in [-0.3, -0.25) is 0 Å². The van der Waals surface area contributed by atoms with Crippen molar-refractivity contribution in [2.45, 2.75) is 39.2 Å². The minimum atomic E-state index is 0.527. The molecule has 0 aliphatic heterocycles. The van der Waals surface area contributed by atoms with Gasteiger partial charge in [-0.25, -0.2) is 9.97 Å². The van der Waals surface area contributed by atoms with Crippen molar-refractivity contribution in [1.82, 2.24) is 9.97 Å². The molecule has 0 amide bonds. The lowest BCUT2D eigenvalue weighted by atomic mass is 9.93. The van der Waals surface area contributed by atoms with Gasteiger partial charge in [0.2, 0.25) is 5.88 Å². The van der Waals surface area contributed by atoms with Gasteiger partial charge in [-0.1, -0.05) is 20.3 Å². The molecule has 17 heavy (non-hydrogen) atoms. The average molecular weight is 235 g/mol. The molecule has 1 fully saturated rings. The summed E-state index contributed by atoms with van der Waals surface area (Å²) in [5, 5.41) is 3.50. The first kappa shape index (κ1) is 12.1. The smallest absolute Gasteiger partial charge is 0.218 e. The number of rotatable bonds is 4. The van der Waals surface area contributed by atoms with Gasteiger partial charge in [0.25, 0.3) is 0 Å². The van der Waals surface area contributed by atoms with E-state index < -0.39 is 0 Å². The Kier molecular flexibility index (Phi) is 3.82. The van der Waals surface area contributed by atoms with E-state index in [0.717, 1.165) is 11.7 Å². The summed E-state index contributed by atoms with van der Waals surface area (Å²) in [6.07, 6.45) is 5.36. The van der Waals surface area contributed by atoms with Crippen LogP contribution in [0.25, 0.3) is 0 Å². The third kappa shape index (κ3) is 2.68. The fourth-order valence-electron chi connectivity index (χ4n) is 2.75. The summed E-state index contributed by atoms with van der Waals surface area (Å²) in [6.45, 7) is 4.61. The predicted molar refractivity (Wildman–Crippen MR) is 68.2 cm³/mol. The number of anilines is 1. The monoisotopic (exact) mass is 235 g/mol. The van der Waals surface area contributed by atoms with Gasteiger partial charge in [0, 0.05) is 12.1 Å². The van der Waals surface area contributed by atoms with Gasteiger partial charge in [0.05, 0.1) is 7.11 Å². The Morgan fingerprint density at radius 1 is 1.41 bits per heavy atom. The molecule has 4 heteroatoms. The molecule has 1 aliphatic rings. The maximum Gasteiger partial charge on any atom is 0.218 e. The summed E-state index contributed by atoms with van der Waals surface area (Å²) in [5.41, 5.74) is 0. The number of hydrogen-bond donors (Lipinski definition) is 1. The van der Waals surface area contributed by atoms with Crippen molar-refractivity contribution < 1.29 is 4.74 Å². The zero-order valence-corrected chi connectivity index (χ0v) is 10.8. The molecule has 2 rings (SSSR count). The predicted octanol–water partition coefficient (Wildman–Crippen LogP) is 2.72. The first-order valence-electron chi connectivity index (χ1n) is 6.37. The van der Waals surface area contributed by atoms with Crippen molar-refractivity contribution >= 4 is 5.82 Å². The van der Waals surface area contributed by atoms with Gasteiger partial charge >= 0.3 is 0 Å². The van der Waals surface area contributed by atoms with Crippen molar-refractivity contribution in [3.05, 3.63) is 12.4 Å². The fraction of sp³-hybridized carbons (Fsp3) is 0.692. The van der Waals surface area contributed by atoms with E-state index in [1.807, 2.05) is 6.07 Å². The Morgan fingerprint density at radius 3 is 2.88 bits per heavy atom. The summed E-state index contributed by atoms with van der Waals surface area (Å²) in [7, 11) is 1.62. The highest BCUT2D eigenvalue weighted by molar-refractivity contribution is 5.38. The third-order valence-electron chi connectivity index (χ3n) is 3.94. The molecule has 3 unspecified atom stereocenters. The Balaban J connectivity index is 2.01. The molecule has 0 saturated heterocycles. The molecule has 94 valence electrons. The van der Waals surface area contributed by atoms with E-state index in [0.29, 0.717) is 17.8 Å². The minimum absolute atomic E-state index is 0.527. The van der Waals surface area contributed by atoms with E-state index in [1.165, 1.54) is 25.6 Å². The molecule has 4 nitrogen and oxygen atoms in total. The van der Waals surface area contributed by atoms with E-state index in [4.69, 9.17) is 4.74 Å². The van der Waals surface area contributed by atoms with Gasteiger partial charge < -0.3 is 10.1 Å². The second-order valence-electron chi connectivity index (χ2n) is 4.80. The van der Waals surface area contributed by atoms with Crippen LogP contribution in [0.2, 0.25) is 0 Å². The van der Waals surface area contributed by atoms with Crippen molar-refractivity contribution in [2.24, 2.45) is 11.8 Å².